The maximum atomic E-state index is 13.0. The number of nitrogens with zero attached hydrogens (tertiary/aromatic N) is 3. The molecule has 0 aliphatic heterocycles. The molecule has 1 aromatic carbocycles. The van der Waals surface area contributed by atoms with Gasteiger partial charge in [-0.05, 0) is 43.2 Å². The molecular formula is C19H24F3N3O3S2. The van der Waals surface area contributed by atoms with Crippen molar-refractivity contribution in [3.05, 3.63) is 52.9 Å². The van der Waals surface area contributed by atoms with Crippen molar-refractivity contribution in [2.24, 2.45) is 0 Å². The van der Waals surface area contributed by atoms with E-state index in [1.165, 1.54) is 30.1 Å². The molecule has 0 radical (unpaired) electrons. The van der Waals surface area contributed by atoms with Crippen molar-refractivity contribution >= 4 is 27.3 Å². The molecule has 2 aromatic rings. The Morgan fingerprint density at radius 1 is 1.07 bits per heavy atom. The van der Waals surface area contributed by atoms with Crippen LogP contribution in [0, 0.1) is 0 Å². The van der Waals surface area contributed by atoms with Crippen LogP contribution < -0.4 is 0 Å². The number of carbonyl (C=O) groups excluding carboxylic acids is 1. The molecule has 0 atom stereocenters. The van der Waals surface area contributed by atoms with Crippen LogP contribution in [0.15, 0.2) is 46.0 Å². The van der Waals surface area contributed by atoms with Crippen molar-refractivity contribution in [3.63, 3.8) is 0 Å². The van der Waals surface area contributed by atoms with Crippen molar-refractivity contribution in [2.75, 3.05) is 40.8 Å². The Labute approximate surface area is 178 Å². The van der Waals surface area contributed by atoms with Crippen LogP contribution in [-0.2, 0) is 27.5 Å². The van der Waals surface area contributed by atoms with Crippen LogP contribution in [0.1, 0.15) is 11.1 Å². The highest BCUT2D eigenvalue weighted by atomic mass is 32.2. The van der Waals surface area contributed by atoms with Gasteiger partial charge in [-0.25, -0.2) is 8.42 Å². The van der Waals surface area contributed by atoms with Crippen LogP contribution in [0.5, 0.6) is 0 Å². The summed E-state index contributed by atoms with van der Waals surface area (Å²) in [5.74, 6) is -0.489. The lowest BCUT2D eigenvalue weighted by Crippen LogP contribution is -2.43. The number of rotatable bonds is 9. The van der Waals surface area contributed by atoms with Gasteiger partial charge in [-0.15, -0.1) is 11.3 Å². The topological polar surface area (TPSA) is 60.9 Å². The third kappa shape index (κ3) is 6.53. The summed E-state index contributed by atoms with van der Waals surface area (Å²) in [6.45, 7) is 0.261. The number of hydrogen-bond donors (Lipinski definition) is 0. The van der Waals surface area contributed by atoms with Gasteiger partial charge in [0.25, 0.3) is 10.0 Å². The van der Waals surface area contributed by atoms with Gasteiger partial charge in [-0.1, -0.05) is 18.2 Å². The molecule has 11 heteroatoms. The highest BCUT2D eigenvalue weighted by Crippen LogP contribution is 2.29. The van der Waals surface area contributed by atoms with Crippen molar-refractivity contribution in [2.45, 2.75) is 16.9 Å². The van der Waals surface area contributed by atoms with Gasteiger partial charge in [0.1, 0.15) is 4.21 Å². The second-order valence-corrected chi connectivity index (χ2v) is 10.2. The summed E-state index contributed by atoms with van der Waals surface area (Å²) in [6.07, 6.45) is -4.48. The molecule has 0 fully saturated rings. The second kappa shape index (κ2) is 9.90. The van der Waals surface area contributed by atoms with Gasteiger partial charge < -0.3 is 9.80 Å². The molecule has 0 saturated carbocycles. The van der Waals surface area contributed by atoms with Crippen LogP contribution in [-0.4, -0.2) is 69.2 Å². The third-order valence-electron chi connectivity index (χ3n) is 4.32. The molecule has 2 rings (SSSR count). The highest BCUT2D eigenvalue weighted by Gasteiger charge is 2.31. The average Bonchev–Trinajstić information content (AvgIpc) is 3.20. The molecule has 30 heavy (non-hydrogen) atoms. The molecule has 1 heterocycles. The lowest BCUT2D eigenvalue weighted by Gasteiger charge is -2.27. The monoisotopic (exact) mass is 463 g/mol. The predicted molar refractivity (Wildman–Crippen MR) is 110 cm³/mol. The van der Waals surface area contributed by atoms with E-state index in [2.05, 4.69) is 0 Å². The fourth-order valence-corrected chi connectivity index (χ4v) is 4.94. The minimum atomic E-state index is -4.48. The van der Waals surface area contributed by atoms with Crippen LogP contribution in [0.3, 0.4) is 0 Å². The number of hydrogen-bond acceptors (Lipinski definition) is 5. The van der Waals surface area contributed by atoms with E-state index in [0.29, 0.717) is 12.1 Å². The van der Waals surface area contributed by atoms with E-state index < -0.39 is 34.2 Å². The number of carbonyl (C=O) groups is 1. The number of thiophene rings is 1. The lowest BCUT2D eigenvalue weighted by atomic mass is 10.1. The average molecular weight is 464 g/mol. The van der Waals surface area contributed by atoms with E-state index in [-0.39, 0.29) is 17.3 Å². The maximum Gasteiger partial charge on any atom is 0.416 e. The number of sulfonamides is 1. The maximum absolute atomic E-state index is 13.0. The van der Waals surface area contributed by atoms with E-state index in [4.69, 9.17) is 0 Å². The molecule has 0 unspecified atom stereocenters. The van der Waals surface area contributed by atoms with Gasteiger partial charge in [0.05, 0.1) is 12.1 Å². The fraction of sp³-hybridized carbons (Fsp3) is 0.421. The zero-order chi connectivity index (χ0) is 22.5. The zero-order valence-electron chi connectivity index (χ0n) is 16.9. The molecule has 1 aromatic heterocycles. The first kappa shape index (κ1) is 24.3. The predicted octanol–water partition coefficient (Wildman–Crippen LogP) is 2.98. The Morgan fingerprint density at radius 3 is 2.33 bits per heavy atom. The van der Waals surface area contributed by atoms with Crippen molar-refractivity contribution in [1.29, 1.82) is 0 Å². The van der Waals surface area contributed by atoms with Crippen molar-refractivity contribution in [3.8, 4) is 0 Å². The summed E-state index contributed by atoms with van der Waals surface area (Å²) in [7, 11) is 1.11. The largest absolute Gasteiger partial charge is 0.416 e. The van der Waals surface area contributed by atoms with Crippen LogP contribution in [0.25, 0.3) is 0 Å². The number of likely N-dealkylation sites (N-methyl/N-ethyl adjacent to an activating group) is 2. The van der Waals surface area contributed by atoms with Gasteiger partial charge in [-0.2, -0.15) is 17.5 Å². The molecule has 1 amide bonds. The summed E-state index contributed by atoms with van der Waals surface area (Å²) in [4.78, 5) is 16.1. The summed E-state index contributed by atoms with van der Waals surface area (Å²) < 4.78 is 65.2. The summed E-state index contributed by atoms with van der Waals surface area (Å²) in [5, 5.41) is 1.62. The molecule has 0 aliphatic rings. The number of benzene rings is 1. The first-order chi connectivity index (χ1) is 13.9. The van der Waals surface area contributed by atoms with Gasteiger partial charge in [-0.3, -0.25) is 4.79 Å². The Hall–Kier alpha value is -1.95. The smallest absolute Gasteiger partial charge is 0.336 e. The van der Waals surface area contributed by atoms with E-state index in [9.17, 15) is 26.4 Å². The minimum Gasteiger partial charge on any atom is -0.336 e. The molecule has 0 saturated heterocycles. The van der Waals surface area contributed by atoms with Gasteiger partial charge in [0.2, 0.25) is 5.91 Å². The molecular weight excluding hydrogens is 439 g/mol. The lowest BCUT2D eigenvalue weighted by molar-refractivity contribution is -0.137. The Morgan fingerprint density at radius 2 is 1.77 bits per heavy atom. The normalized spacial score (nSPS) is 12.5. The summed E-state index contributed by atoms with van der Waals surface area (Å²) in [5.41, 5.74) is -0.474. The molecule has 166 valence electrons. The molecule has 0 spiro atoms. The van der Waals surface area contributed by atoms with Crippen molar-refractivity contribution < 1.29 is 26.4 Å². The number of halogens is 3. The first-order valence-corrected chi connectivity index (χ1v) is 11.3. The third-order valence-corrected chi connectivity index (χ3v) is 7.49. The SMILES string of the molecule is CN(C)CCN(Cc1cccc(C(F)(F)F)c1)C(=O)CN(C)S(=O)(=O)c1cccs1. The fourth-order valence-electron chi connectivity index (χ4n) is 2.62. The quantitative estimate of drug-likeness (QED) is 0.574. The summed E-state index contributed by atoms with van der Waals surface area (Å²) in [6, 6.07) is 7.83. The highest BCUT2D eigenvalue weighted by molar-refractivity contribution is 7.91. The van der Waals surface area contributed by atoms with E-state index in [1.54, 1.807) is 25.5 Å². The van der Waals surface area contributed by atoms with E-state index >= 15 is 0 Å². The molecule has 0 aliphatic carbocycles. The Balaban J connectivity index is 2.18. The molecule has 0 N–H and O–H groups in total. The van der Waals surface area contributed by atoms with Gasteiger partial charge in [0, 0.05) is 26.7 Å². The van der Waals surface area contributed by atoms with Crippen LogP contribution in [0.2, 0.25) is 0 Å². The molecule has 0 bridgehead atoms. The Bertz CT molecular complexity index is 945. The van der Waals surface area contributed by atoms with Crippen LogP contribution in [0.4, 0.5) is 13.2 Å². The molecule has 6 nitrogen and oxygen atoms in total. The number of alkyl halides is 3. The van der Waals surface area contributed by atoms with Gasteiger partial charge >= 0.3 is 6.18 Å². The minimum absolute atomic E-state index is 0.0521. The van der Waals surface area contributed by atoms with Gasteiger partial charge in [0.15, 0.2) is 0 Å². The van der Waals surface area contributed by atoms with Crippen LogP contribution >= 0.6 is 11.3 Å². The summed E-state index contributed by atoms with van der Waals surface area (Å²) >= 11 is 1.05. The Kier molecular flexibility index (Phi) is 8.03. The second-order valence-electron chi connectivity index (χ2n) is 7.01. The zero-order valence-corrected chi connectivity index (χ0v) is 18.5. The number of amides is 1. The van der Waals surface area contributed by atoms with Crippen molar-refractivity contribution in [1.82, 2.24) is 14.1 Å². The first-order valence-electron chi connectivity index (χ1n) is 8.99. The van der Waals surface area contributed by atoms with E-state index in [0.717, 1.165) is 27.8 Å². The standard InChI is InChI=1S/C19H24F3N3O3S2/c1-23(2)9-10-25(13-15-6-4-7-16(12-15)19(20,21)22)17(26)14-24(3)30(27,28)18-8-5-11-29-18/h4-8,11-12H,9-10,13-14H2,1-3H3. The van der Waals surface area contributed by atoms with E-state index in [1.807, 2.05) is 4.90 Å².